The lowest BCUT2D eigenvalue weighted by Gasteiger charge is -2.33. The second-order valence-electron chi connectivity index (χ2n) is 4.52. The van der Waals surface area contributed by atoms with Gasteiger partial charge in [0.25, 0.3) is 0 Å². The van der Waals surface area contributed by atoms with Gasteiger partial charge in [0.15, 0.2) is 0 Å². The van der Waals surface area contributed by atoms with Gasteiger partial charge in [0, 0.05) is 38.5 Å². The summed E-state index contributed by atoms with van der Waals surface area (Å²) < 4.78 is 0. The number of rotatable bonds is 4. The maximum absolute atomic E-state index is 10.6. The van der Waals surface area contributed by atoms with Crippen LogP contribution in [0.15, 0.2) is 12.1 Å². The van der Waals surface area contributed by atoms with Crippen LogP contribution < -0.4 is 4.90 Å². The highest BCUT2D eigenvalue weighted by Crippen LogP contribution is 2.16. The summed E-state index contributed by atoms with van der Waals surface area (Å²) in [4.78, 5) is 19.2. The molecule has 0 bridgehead atoms. The lowest BCUT2D eigenvalue weighted by molar-refractivity contribution is -0.118. The molecule has 1 amide bonds. The number of aryl methyl sites for hydroxylation is 1. The minimum absolute atomic E-state index is 0.153. The Morgan fingerprint density at radius 3 is 2.61 bits per heavy atom. The van der Waals surface area contributed by atoms with Gasteiger partial charge >= 0.3 is 0 Å². The van der Waals surface area contributed by atoms with Crippen LogP contribution in [-0.2, 0) is 11.2 Å². The van der Waals surface area contributed by atoms with E-state index < -0.39 is 0 Å². The maximum atomic E-state index is 10.6. The standard InChI is InChI=1S/C13H19N3O2/c1-11-12(4-9-17)2-3-13(14-11)16-7-5-15(10-18)6-8-16/h2-3,10,17H,4-9H2,1H3. The Balaban J connectivity index is 2.05. The van der Waals surface area contributed by atoms with Gasteiger partial charge in [0.2, 0.25) is 6.41 Å². The van der Waals surface area contributed by atoms with E-state index in [-0.39, 0.29) is 6.61 Å². The Bertz CT molecular complexity index is 415. The largest absolute Gasteiger partial charge is 0.396 e. The van der Waals surface area contributed by atoms with Crippen molar-refractivity contribution in [2.75, 3.05) is 37.7 Å². The number of amides is 1. The first-order valence-electron chi connectivity index (χ1n) is 6.26. The topological polar surface area (TPSA) is 56.7 Å². The van der Waals surface area contributed by atoms with Crippen LogP contribution in [0.4, 0.5) is 5.82 Å². The molecule has 1 aromatic heterocycles. The molecule has 98 valence electrons. The minimum atomic E-state index is 0.153. The van der Waals surface area contributed by atoms with Crippen molar-refractivity contribution < 1.29 is 9.90 Å². The van der Waals surface area contributed by atoms with Gasteiger partial charge in [-0.25, -0.2) is 4.98 Å². The van der Waals surface area contributed by atoms with E-state index in [1.165, 1.54) is 0 Å². The average Bonchev–Trinajstić information content (AvgIpc) is 2.41. The molecule has 1 aromatic rings. The van der Waals surface area contributed by atoms with Crippen molar-refractivity contribution in [2.45, 2.75) is 13.3 Å². The molecule has 5 heteroatoms. The predicted octanol–water partition coefficient (Wildman–Crippen LogP) is 0.203. The quantitative estimate of drug-likeness (QED) is 0.775. The summed E-state index contributed by atoms with van der Waals surface area (Å²) in [7, 11) is 0. The van der Waals surface area contributed by atoms with E-state index in [1.807, 2.05) is 19.1 Å². The number of aliphatic hydroxyl groups is 1. The number of nitrogens with zero attached hydrogens (tertiary/aromatic N) is 3. The van der Waals surface area contributed by atoms with Gasteiger partial charge in [-0.1, -0.05) is 6.07 Å². The Kier molecular flexibility index (Phi) is 4.15. The highest BCUT2D eigenvalue weighted by Gasteiger charge is 2.17. The first kappa shape index (κ1) is 12.8. The molecule has 18 heavy (non-hydrogen) atoms. The zero-order valence-corrected chi connectivity index (χ0v) is 10.7. The van der Waals surface area contributed by atoms with E-state index in [4.69, 9.17) is 5.11 Å². The molecule has 5 nitrogen and oxygen atoms in total. The van der Waals surface area contributed by atoms with Crippen molar-refractivity contribution >= 4 is 12.2 Å². The number of aliphatic hydroxyl groups excluding tert-OH is 1. The van der Waals surface area contributed by atoms with Crippen molar-refractivity contribution in [3.8, 4) is 0 Å². The second kappa shape index (κ2) is 5.82. The molecule has 0 aromatic carbocycles. The predicted molar refractivity (Wildman–Crippen MR) is 69.6 cm³/mol. The van der Waals surface area contributed by atoms with Crippen LogP contribution in [0.25, 0.3) is 0 Å². The summed E-state index contributed by atoms with van der Waals surface area (Å²) in [5.41, 5.74) is 2.06. The minimum Gasteiger partial charge on any atom is -0.396 e. The van der Waals surface area contributed by atoms with Crippen LogP contribution in [0.3, 0.4) is 0 Å². The first-order chi connectivity index (χ1) is 8.74. The van der Waals surface area contributed by atoms with E-state index >= 15 is 0 Å². The Hall–Kier alpha value is -1.62. The van der Waals surface area contributed by atoms with Gasteiger partial charge in [-0.3, -0.25) is 4.79 Å². The summed E-state index contributed by atoms with van der Waals surface area (Å²) in [6.07, 6.45) is 1.55. The summed E-state index contributed by atoms with van der Waals surface area (Å²) in [5, 5.41) is 8.94. The van der Waals surface area contributed by atoms with Crippen LogP contribution in [0.5, 0.6) is 0 Å². The number of hydrogen-bond donors (Lipinski definition) is 1. The molecule has 2 rings (SSSR count). The summed E-state index contributed by atoms with van der Waals surface area (Å²) in [5.74, 6) is 0.958. The molecular formula is C13H19N3O2. The van der Waals surface area contributed by atoms with E-state index in [0.29, 0.717) is 6.42 Å². The van der Waals surface area contributed by atoms with Crippen LogP contribution in [0.1, 0.15) is 11.3 Å². The Morgan fingerprint density at radius 2 is 2.06 bits per heavy atom. The number of aromatic nitrogens is 1. The monoisotopic (exact) mass is 249 g/mol. The van der Waals surface area contributed by atoms with Crippen LogP contribution in [0, 0.1) is 6.92 Å². The van der Waals surface area contributed by atoms with Gasteiger partial charge in [-0.05, 0) is 25.0 Å². The van der Waals surface area contributed by atoms with Gasteiger partial charge < -0.3 is 14.9 Å². The number of hydrogen-bond acceptors (Lipinski definition) is 4. The molecule has 0 atom stereocenters. The van der Waals surface area contributed by atoms with Crippen LogP contribution >= 0.6 is 0 Å². The van der Waals surface area contributed by atoms with Gasteiger partial charge in [0.1, 0.15) is 5.82 Å². The number of piperazine rings is 1. The molecule has 0 spiro atoms. The van der Waals surface area contributed by atoms with E-state index in [1.54, 1.807) is 4.90 Å². The van der Waals surface area contributed by atoms with Crippen molar-refractivity contribution in [2.24, 2.45) is 0 Å². The zero-order chi connectivity index (χ0) is 13.0. The lowest BCUT2D eigenvalue weighted by atomic mass is 10.1. The molecule has 0 radical (unpaired) electrons. The number of carbonyl (C=O) groups excluding carboxylic acids is 1. The molecule has 0 aliphatic carbocycles. The number of pyridine rings is 1. The molecule has 1 aliphatic rings. The molecule has 1 N–H and O–H groups in total. The maximum Gasteiger partial charge on any atom is 0.209 e. The van der Waals surface area contributed by atoms with Crippen molar-refractivity contribution in [1.29, 1.82) is 0 Å². The van der Waals surface area contributed by atoms with Gasteiger partial charge in [-0.15, -0.1) is 0 Å². The molecular weight excluding hydrogens is 230 g/mol. The third kappa shape index (κ3) is 2.79. The zero-order valence-electron chi connectivity index (χ0n) is 10.7. The summed E-state index contributed by atoms with van der Waals surface area (Å²) in [6.45, 7) is 5.27. The Morgan fingerprint density at radius 1 is 1.33 bits per heavy atom. The first-order valence-corrected chi connectivity index (χ1v) is 6.26. The highest BCUT2D eigenvalue weighted by molar-refractivity contribution is 5.49. The smallest absolute Gasteiger partial charge is 0.209 e. The van der Waals surface area contributed by atoms with E-state index in [0.717, 1.165) is 49.7 Å². The molecule has 1 fully saturated rings. The fraction of sp³-hybridized carbons (Fsp3) is 0.538. The van der Waals surface area contributed by atoms with Crippen LogP contribution in [0.2, 0.25) is 0 Å². The number of anilines is 1. The molecule has 1 aliphatic heterocycles. The Labute approximate surface area is 107 Å². The van der Waals surface area contributed by atoms with E-state index in [9.17, 15) is 4.79 Å². The van der Waals surface area contributed by atoms with Gasteiger partial charge in [-0.2, -0.15) is 0 Å². The van der Waals surface area contributed by atoms with Crippen molar-refractivity contribution in [3.63, 3.8) is 0 Å². The van der Waals surface area contributed by atoms with Crippen molar-refractivity contribution in [1.82, 2.24) is 9.88 Å². The average molecular weight is 249 g/mol. The normalized spacial score (nSPS) is 15.9. The highest BCUT2D eigenvalue weighted by atomic mass is 16.3. The SMILES string of the molecule is Cc1nc(N2CCN(C=O)CC2)ccc1CCO. The third-order valence-corrected chi connectivity index (χ3v) is 3.35. The summed E-state index contributed by atoms with van der Waals surface area (Å²) >= 11 is 0. The number of carbonyl (C=O) groups is 1. The van der Waals surface area contributed by atoms with Crippen molar-refractivity contribution in [3.05, 3.63) is 23.4 Å². The summed E-state index contributed by atoms with van der Waals surface area (Å²) in [6, 6.07) is 4.02. The van der Waals surface area contributed by atoms with Gasteiger partial charge in [0.05, 0.1) is 0 Å². The fourth-order valence-electron chi connectivity index (χ4n) is 2.19. The van der Waals surface area contributed by atoms with Crippen LogP contribution in [-0.4, -0.2) is 54.2 Å². The third-order valence-electron chi connectivity index (χ3n) is 3.35. The molecule has 2 heterocycles. The molecule has 1 saturated heterocycles. The molecule has 0 saturated carbocycles. The van der Waals surface area contributed by atoms with E-state index in [2.05, 4.69) is 9.88 Å². The lowest BCUT2D eigenvalue weighted by Crippen LogP contribution is -2.46. The molecule has 0 unspecified atom stereocenters. The fourth-order valence-corrected chi connectivity index (χ4v) is 2.19. The second-order valence-corrected chi connectivity index (χ2v) is 4.52.